The third-order valence-electron chi connectivity index (χ3n) is 4.25. The van der Waals surface area contributed by atoms with Crippen LogP contribution in [0, 0.1) is 5.92 Å². The summed E-state index contributed by atoms with van der Waals surface area (Å²) >= 11 is 0. The summed E-state index contributed by atoms with van der Waals surface area (Å²) in [5.74, 6) is 0.245. The van der Waals surface area contributed by atoms with Gasteiger partial charge in [0.15, 0.2) is 11.7 Å². The fourth-order valence-electron chi connectivity index (χ4n) is 3.01. The second kappa shape index (κ2) is 12.1. The molecule has 7 heteroatoms. The van der Waals surface area contributed by atoms with Crippen LogP contribution in [0.5, 0.6) is 0 Å². The monoisotopic (exact) mass is 404 g/mol. The van der Waals surface area contributed by atoms with Gasteiger partial charge in [-0.1, -0.05) is 37.3 Å². The van der Waals surface area contributed by atoms with Crippen LogP contribution in [0.15, 0.2) is 35.3 Å². The Morgan fingerprint density at radius 3 is 2.38 bits per heavy atom. The van der Waals surface area contributed by atoms with Crippen LogP contribution in [0.3, 0.4) is 0 Å². The fourth-order valence-corrected chi connectivity index (χ4v) is 3.01. The van der Waals surface area contributed by atoms with Crippen LogP contribution in [-0.2, 0) is 16.0 Å². The molecule has 0 spiro atoms. The number of ether oxygens (including phenoxy) is 1. The Morgan fingerprint density at radius 1 is 1.14 bits per heavy atom. The Labute approximate surface area is 174 Å². The number of hydrogen-bond donors (Lipinski definition) is 3. The average Bonchev–Trinajstić information content (AvgIpc) is 2.59. The standard InChI is InChI=1S/C22H36N4O3/c1-16(14-17-10-6-5-7-11-17)15-19(27)18(12-8-9-13-25-20(23)24)26-21(28)29-22(2,3)4/h5-7,10-11,16,18H,8-9,12-15H2,1-4H3,(H,26,28)(H4,23,24,25)/t16-,18-/m0/s1. The predicted octanol–water partition coefficient (Wildman–Crippen LogP) is 3.16. The van der Waals surface area contributed by atoms with Gasteiger partial charge in [-0.2, -0.15) is 0 Å². The molecule has 162 valence electrons. The van der Waals surface area contributed by atoms with Gasteiger partial charge in [-0.15, -0.1) is 0 Å². The number of aliphatic imine (C=N–C) groups is 1. The van der Waals surface area contributed by atoms with E-state index in [1.165, 1.54) is 5.56 Å². The van der Waals surface area contributed by atoms with E-state index in [9.17, 15) is 9.59 Å². The number of rotatable bonds is 11. The molecule has 0 radical (unpaired) electrons. The Balaban J connectivity index is 2.65. The van der Waals surface area contributed by atoms with Crippen molar-refractivity contribution >= 4 is 17.8 Å². The maximum absolute atomic E-state index is 12.9. The molecule has 7 nitrogen and oxygen atoms in total. The number of carbonyl (C=O) groups excluding carboxylic acids is 2. The number of benzene rings is 1. The summed E-state index contributed by atoms with van der Waals surface area (Å²) in [5, 5.41) is 2.75. The van der Waals surface area contributed by atoms with Crippen LogP contribution >= 0.6 is 0 Å². The number of carbonyl (C=O) groups is 2. The second-order valence-electron chi connectivity index (χ2n) is 8.47. The first kappa shape index (κ1) is 24.5. The molecule has 0 aromatic heterocycles. The highest BCUT2D eigenvalue weighted by Crippen LogP contribution is 2.16. The molecule has 0 aliphatic carbocycles. The van der Waals surface area contributed by atoms with E-state index in [-0.39, 0.29) is 17.7 Å². The zero-order chi connectivity index (χ0) is 21.9. The summed E-state index contributed by atoms with van der Waals surface area (Å²) in [6, 6.07) is 9.49. The molecule has 1 aromatic rings. The maximum Gasteiger partial charge on any atom is 0.408 e. The van der Waals surface area contributed by atoms with E-state index < -0.39 is 17.7 Å². The van der Waals surface area contributed by atoms with E-state index in [4.69, 9.17) is 16.2 Å². The summed E-state index contributed by atoms with van der Waals surface area (Å²) in [5.41, 5.74) is 11.2. The number of guanidine groups is 1. The molecule has 1 rings (SSSR count). The molecule has 1 amide bonds. The molecule has 0 unspecified atom stereocenters. The lowest BCUT2D eigenvalue weighted by atomic mass is 9.92. The van der Waals surface area contributed by atoms with E-state index >= 15 is 0 Å². The lowest BCUT2D eigenvalue weighted by Crippen LogP contribution is -2.44. The molecular formula is C22H36N4O3. The van der Waals surface area contributed by atoms with E-state index in [0.29, 0.717) is 19.4 Å². The van der Waals surface area contributed by atoms with Crippen molar-refractivity contribution in [1.82, 2.24) is 5.32 Å². The number of nitrogens with zero attached hydrogens (tertiary/aromatic N) is 1. The molecule has 0 saturated heterocycles. The molecular weight excluding hydrogens is 368 g/mol. The van der Waals surface area contributed by atoms with Gasteiger partial charge in [0, 0.05) is 13.0 Å². The lowest BCUT2D eigenvalue weighted by molar-refractivity contribution is -0.122. The third-order valence-corrected chi connectivity index (χ3v) is 4.25. The van der Waals surface area contributed by atoms with Crippen LogP contribution in [0.4, 0.5) is 4.79 Å². The van der Waals surface area contributed by atoms with E-state index in [1.807, 2.05) is 25.1 Å². The molecule has 0 aliphatic rings. The van der Waals surface area contributed by atoms with E-state index in [0.717, 1.165) is 19.3 Å². The van der Waals surface area contributed by atoms with Gasteiger partial charge in [0.2, 0.25) is 0 Å². The van der Waals surface area contributed by atoms with Gasteiger partial charge >= 0.3 is 6.09 Å². The van der Waals surface area contributed by atoms with Crippen LogP contribution in [0.2, 0.25) is 0 Å². The zero-order valence-corrected chi connectivity index (χ0v) is 18.1. The largest absolute Gasteiger partial charge is 0.444 e. The van der Waals surface area contributed by atoms with Crippen LogP contribution in [0.1, 0.15) is 58.9 Å². The predicted molar refractivity (Wildman–Crippen MR) is 117 cm³/mol. The van der Waals surface area contributed by atoms with Crippen molar-refractivity contribution in [2.45, 2.75) is 71.4 Å². The Morgan fingerprint density at radius 2 is 1.79 bits per heavy atom. The van der Waals surface area contributed by atoms with E-state index in [1.54, 1.807) is 20.8 Å². The number of Topliss-reactive ketones (excluding diaryl/α,β-unsaturated/α-hetero) is 1. The van der Waals surface area contributed by atoms with Crippen LogP contribution < -0.4 is 16.8 Å². The molecule has 0 heterocycles. The van der Waals surface area contributed by atoms with Crippen molar-refractivity contribution < 1.29 is 14.3 Å². The van der Waals surface area contributed by atoms with Gasteiger partial charge in [0.1, 0.15) is 5.60 Å². The quantitative estimate of drug-likeness (QED) is 0.297. The molecule has 1 aromatic carbocycles. The molecule has 5 N–H and O–H groups in total. The minimum atomic E-state index is -0.619. The smallest absolute Gasteiger partial charge is 0.408 e. The number of nitrogens with two attached hydrogens (primary N) is 2. The Kier molecular flexibility index (Phi) is 10.2. The third kappa shape index (κ3) is 11.8. The van der Waals surface area contributed by atoms with Crippen molar-refractivity contribution in [3.8, 4) is 0 Å². The van der Waals surface area contributed by atoms with Gasteiger partial charge in [-0.05, 0) is 57.9 Å². The summed E-state index contributed by atoms with van der Waals surface area (Å²) in [7, 11) is 0. The topological polar surface area (TPSA) is 120 Å². The molecule has 29 heavy (non-hydrogen) atoms. The molecule has 0 bridgehead atoms. The first-order valence-corrected chi connectivity index (χ1v) is 10.2. The number of nitrogens with one attached hydrogen (secondary N) is 1. The SMILES string of the molecule is C[C@H](CC(=O)[C@H](CCCCN=C(N)N)NC(=O)OC(C)(C)C)Cc1ccccc1. The van der Waals surface area contributed by atoms with Gasteiger partial charge in [-0.3, -0.25) is 9.79 Å². The average molecular weight is 405 g/mol. The molecule has 0 aliphatic heterocycles. The fraction of sp³-hybridized carbons (Fsp3) is 0.591. The maximum atomic E-state index is 12.9. The van der Waals surface area contributed by atoms with Crippen molar-refractivity contribution in [2.24, 2.45) is 22.4 Å². The van der Waals surface area contributed by atoms with Crippen molar-refractivity contribution in [3.63, 3.8) is 0 Å². The summed E-state index contributed by atoms with van der Waals surface area (Å²) < 4.78 is 5.32. The van der Waals surface area contributed by atoms with Gasteiger partial charge in [0.05, 0.1) is 6.04 Å². The number of unbranched alkanes of at least 4 members (excludes halogenated alkanes) is 1. The highest BCUT2D eigenvalue weighted by Gasteiger charge is 2.25. The van der Waals surface area contributed by atoms with E-state index in [2.05, 4.69) is 22.4 Å². The van der Waals surface area contributed by atoms with Gasteiger partial charge in [0.25, 0.3) is 0 Å². The zero-order valence-electron chi connectivity index (χ0n) is 18.1. The minimum absolute atomic E-state index is 0.0149. The van der Waals surface area contributed by atoms with Crippen molar-refractivity contribution in [3.05, 3.63) is 35.9 Å². The normalized spacial score (nSPS) is 13.2. The highest BCUT2D eigenvalue weighted by atomic mass is 16.6. The summed E-state index contributed by atoms with van der Waals surface area (Å²) in [6.07, 6.45) is 2.61. The number of alkyl carbamates (subject to hydrolysis) is 1. The Hall–Kier alpha value is -2.57. The second-order valence-corrected chi connectivity index (χ2v) is 8.47. The van der Waals surface area contributed by atoms with Crippen molar-refractivity contribution in [1.29, 1.82) is 0 Å². The van der Waals surface area contributed by atoms with Gasteiger partial charge < -0.3 is 21.5 Å². The first-order valence-electron chi connectivity index (χ1n) is 10.2. The summed E-state index contributed by atoms with van der Waals surface area (Å²) in [4.78, 5) is 29.0. The number of hydrogen-bond acceptors (Lipinski definition) is 4. The minimum Gasteiger partial charge on any atom is -0.444 e. The number of amides is 1. The highest BCUT2D eigenvalue weighted by molar-refractivity contribution is 5.87. The molecule has 0 saturated carbocycles. The molecule has 0 fully saturated rings. The molecule has 2 atom stereocenters. The van der Waals surface area contributed by atoms with Gasteiger partial charge in [-0.25, -0.2) is 4.79 Å². The summed E-state index contributed by atoms with van der Waals surface area (Å²) in [6.45, 7) is 7.93. The lowest BCUT2D eigenvalue weighted by Gasteiger charge is -2.24. The number of ketones is 1. The van der Waals surface area contributed by atoms with Crippen LogP contribution in [0.25, 0.3) is 0 Å². The van der Waals surface area contributed by atoms with Crippen molar-refractivity contribution in [2.75, 3.05) is 6.54 Å². The Bertz CT molecular complexity index is 664. The first-order chi connectivity index (χ1) is 13.6. The van der Waals surface area contributed by atoms with Crippen LogP contribution in [-0.4, -0.2) is 36.0 Å².